The Morgan fingerprint density at radius 1 is 1.17 bits per heavy atom. The smallest absolute Gasteiger partial charge is 0.190 e. The molecule has 8 heteroatoms. The molecular weight excluding hydrogens is 382 g/mol. The highest BCUT2D eigenvalue weighted by Crippen LogP contribution is 2.21. The van der Waals surface area contributed by atoms with Gasteiger partial charge in [-0.1, -0.05) is 24.3 Å². The topological polar surface area (TPSA) is 104 Å². The van der Waals surface area contributed by atoms with Crippen LogP contribution in [0.4, 0.5) is 5.82 Å². The van der Waals surface area contributed by atoms with Crippen LogP contribution < -0.4 is 16.4 Å². The molecule has 0 aliphatic rings. The van der Waals surface area contributed by atoms with E-state index in [1.807, 2.05) is 30.3 Å². The lowest BCUT2D eigenvalue weighted by molar-refractivity contribution is 0.721. The number of para-hydroxylation sites is 1. The number of nitriles is 1. The van der Waals surface area contributed by atoms with E-state index in [1.165, 1.54) is 4.88 Å². The minimum Gasteiger partial charge on any atom is -0.382 e. The number of aryl methyl sites for hydroxylation is 1. The SMILES string of the molecule is CN=C(NCCCc1nn(-c2ccccc2)c(N)c1C#N)NCCc1cccs1. The van der Waals surface area contributed by atoms with Crippen LogP contribution in [0, 0.1) is 11.3 Å². The quantitative estimate of drug-likeness (QED) is 0.303. The highest BCUT2D eigenvalue weighted by atomic mass is 32.1. The first-order valence-corrected chi connectivity index (χ1v) is 10.4. The molecule has 7 nitrogen and oxygen atoms in total. The van der Waals surface area contributed by atoms with Crippen molar-refractivity contribution in [2.24, 2.45) is 4.99 Å². The number of nitrogen functional groups attached to an aromatic ring is 1. The summed E-state index contributed by atoms with van der Waals surface area (Å²) in [7, 11) is 1.76. The van der Waals surface area contributed by atoms with E-state index in [1.54, 1.807) is 23.1 Å². The summed E-state index contributed by atoms with van der Waals surface area (Å²) in [6.07, 6.45) is 2.44. The Kier molecular flexibility index (Phi) is 7.25. The summed E-state index contributed by atoms with van der Waals surface area (Å²) < 4.78 is 1.63. The Morgan fingerprint density at radius 2 is 1.97 bits per heavy atom. The van der Waals surface area contributed by atoms with E-state index in [0.717, 1.165) is 43.3 Å². The van der Waals surface area contributed by atoms with Crippen LogP contribution in [0.1, 0.15) is 22.6 Å². The van der Waals surface area contributed by atoms with E-state index in [0.29, 0.717) is 17.8 Å². The average molecular weight is 408 g/mol. The fourth-order valence-electron chi connectivity index (χ4n) is 2.98. The van der Waals surface area contributed by atoms with Gasteiger partial charge in [-0.25, -0.2) is 4.68 Å². The molecule has 150 valence electrons. The molecule has 0 unspecified atom stereocenters. The fraction of sp³-hybridized carbons (Fsp3) is 0.286. The zero-order valence-electron chi connectivity index (χ0n) is 16.4. The molecule has 0 saturated carbocycles. The van der Waals surface area contributed by atoms with Gasteiger partial charge < -0.3 is 16.4 Å². The molecule has 0 aliphatic heterocycles. The second-order valence-electron chi connectivity index (χ2n) is 6.42. The molecule has 0 fully saturated rings. The lowest BCUT2D eigenvalue weighted by atomic mass is 10.1. The van der Waals surface area contributed by atoms with Crippen LogP contribution in [-0.4, -0.2) is 35.9 Å². The summed E-state index contributed by atoms with van der Waals surface area (Å²) in [5.41, 5.74) is 8.17. The summed E-state index contributed by atoms with van der Waals surface area (Å²) >= 11 is 1.76. The number of benzene rings is 1. The summed E-state index contributed by atoms with van der Waals surface area (Å²) in [5, 5.41) is 22.8. The molecule has 3 rings (SSSR count). The third kappa shape index (κ3) is 5.36. The number of anilines is 1. The van der Waals surface area contributed by atoms with Crippen molar-refractivity contribution < 1.29 is 0 Å². The fourth-order valence-corrected chi connectivity index (χ4v) is 3.69. The van der Waals surface area contributed by atoms with Crippen molar-refractivity contribution >= 4 is 23.1 Å². The van der Waals surface area contributed by atoms with Gasteiger partial charge in [0.1, 0.15) is 17.5 Å². The summed E-state index contributed by atoms with van der Waals surface area (Å²) in [4.78, 5) is 5.60. The summed E-state index contributed by atoms with van der Waals surface area (Å²) in [6.45, 7) is 1.55. The standard InChI is InChI=1S/C21H25N7S/c1-24-21(26-13-11-17-9-6-14-29-17)25-12-5-10-19-18(15-22)20(23)28(27-19)16-7-3-2-4-8-16/h2-4,6-9,14H,5,10-13,23H2,1H3,(H2,24,25,26). The lowest BCUT2D eigenvalue weighted by Crippen LogP contribution is -2.38. The molecule has 0 amide bonds. The van der Waals surface area contributed by atoms with Crippen LogP contribution in [0.2, 0.25) is 0 Å². The number of nitrogens with one attached hydrogen (secondary N) is 2. The van der Waals surface area contributed by atoms with Crippen molar-refractivity contribution in [1.82, 2.24) is 20.4 Å². The molecule has 4 N–H and O–H groups in total. The molecule has 1 aromatic carbocycles. The minimum absolute atomic E-state index is 0.382. The number of nitrogens with zero attached hydrogens (tertiary/aromatic N) is 4. The van der Waals surface area contributed by atoms with Crippen molar-refractivity contribution in [3.05, 3.63) is 64.0 Å². The third-order valence-corrected chi connectivity index (χ3v) is 5.39. The number of aliphatic imine (C=N–C) groups is 1. The van der Waals surface area contributed by atoms with Crippen molar-refractivity contribution in [1.29, 1.82) is 5.26 Å². The van der Waals surface area contributed by atoms with Crippen LogP contribution >= 0.6 is 11.3 Å². The third-order valence-electron chi connectivity index (χ3n) is 4.46. The molecule has 2 aromatic heterocycles. The van der Waals surface area contributed by atoms with Gasteiger partial charge in [0.15, 0.2) is 5.96 Å². The van der Waals surface area contributed by atoms with Crippen molar-refractivity contribution in [3.8, 4) is 11.8 Å². The first-order valence-electron chi connectivity index (χ1n) is 9.52. The predicted octanol–water partition coefficient (Wildman–Crippen LogP) is 2.73. The second-order valence-corrected chi connectivity index (χ2v) is 7.46. The van der Waals surface area contributed by atoms with Gasteiger partial charge in [-0.15, -0.1) is 11.3 Å². The van der Waals surface area contributed by atoms with Gasteiger partial charge in [0, 0.05) is 25.0 Å². The highest BCUT2D eigenvalue weighted by molar-refractivity contribution is 7.09. The minimum atomic E-state index is 0.382. The molecule has 0 saturated heterocycles. The number of thiophene rings is 1. The van der Waals surface area contributed by atoms with E-state index in [4.69, 9.17) is 5.73 Å². The predicted molar refractivity (Wildman–Crippen MR) is 118 cm³/mol. The van der Waals surface area contributed by atoms with Gasteiger partial charge in [-0.2, -0.15) is 10.4 Å². The lowest BCUT2D eigenvalue weighted by Gasteiger charge is -2.11. The van der Waals surface area contributed by atoms with E-state index in [-0.39, 0.29) is 0 Å². The maximum Gasteiger partial charge on any atom is 0.190 e. The Morgan fingerprint density at radius 3 is 2.66 bits per heavy atom. The Hall–Kier alpha value is -3.31. The maximum atomic E-state index is 9.49. The molecule has 0 spiro atoms. The van der Waals surface area contributed by atoms with Gasteiger partial charge >= 0.3 is 0 Å². The Bertz CT molecular complexity index is 969. The van der Waals surface area contributed by atoms with Crippen molar-refractivity contribution in [3.63, 3.8) is 0 Å². The molecule has 29 heavy (non-hydrogen) atoms. The molecule has 0 radical (unpaired) electrons. The van der Waals surface area contributed by atoms with Gasteiger partial charge in [0.2, 0.25) is 0 Å². The van der Waals surface area contributed by atoms with Crippen LogP contribution in [0.25, 0.3) is 5.69 Å². The number of aromatic nitrogens is 2. The first kappa shape index (κ1) is 20.4. The average Bonchev–Trinajstić information content (AvgIpc) is 3.38. The molecular formula is C21H25N7S. The van der Waals surface area contributed by atoms with E-state index < -0.39 is 0 Å². The monoisotopic (exact) mass is 407 g/mol. The number of nitrogens with two attached hydrogens (primary N) is 1. The van der Waals surface area contributed by atoms with Crippen molar-refractivity contribution in [2.75, 3.05) is 25.9 Å². The van der Waals surface area contributed by atoms with Crippen molar-refractivity contribution in [2.45, 2.75) is 19.3 Å². The number of rotatable bonds is 8. The first-order chi connectivity index (χ1) is 14.2. The highest BCUT2D eigenvalue weighted by Gasteiger charge is 2.16. The van der Waals surface area contributed by atoms with Crippen LogP contribution in [0.15, 0.2) is 52.8 Å². The largest absolute Gasteiger partial charge is 0.382 e. The number of hydrogen-bond donors (Lipinski definition) is 3. The van der Waals surface area contributed by atoms with Crippen LogP contribution in [0.3, 0.4) is 0 Å². The zero-order chi connectivity index (χ0) is 20.5. The second kappa shape index (κ2) is 10.3. The number of hydrogen-bond acceptors (Lipinski definition) is 5. The molecule has 3 aromatic rings. The van der Waals surface area contributed by atoms with Gasteiger partial charge in [0.05, 0.1) is 11.4 Å². The number of guanidine groups is 1. The molecule has 2 heterocycles. The van der Waals surface area contributed by atoms with Gasteiger partial charge in [-0.3, -0.25) is 4.99 Å². The normalized spacial score (nSPS) is 11.2. The molecule has 0 atom stereocenters. The van der Waals surface area contributed by atoms with E-state index in [9.17, 15) is 5.26 Å². The van der Waals surface area contributed by atoms with Crippen LogP contribution in [0.5, 0.6) is 0 Å². The molecule has 0 aliphatic carbocycles. The summed E-state index contributed by atoms with van der Waals surface area (Å²) in [5.74, 6) is 1.16. The maximum absolute atomic E-state index is 9.49. The summed E-state index contributed by atoms with van der Waals surface area (Å²) in [6, 6.07) is 16.0. The Labute approximate surface area is 174 Å². The Balaban J connectivity index is 1.50. The molecule has 0 bridgehead atoms. The van der Waals surface area contributed by atoms with Crippen LogP contribution in [-0.2, 0) is 12.8 Å². The van der Waals surface area contributed by atoms with Gasteiger partial charge in [-0.05, 0) is 42.8 Å². The van der Waals surface area contributed by atoms with E-state index >= 15 is 0 Å². The zero-order valence-corrected chi connectivity index (χ0v) is 17.2. The van der Waals surface area contributed by atoms with E-state index in [2.05, 4.69) is 44.3 Å². The van der Waals surface area contributed by atoms with Gasteiger partial charge in [0.25, 0.3) is 0 Å².